The molecule has 0 aliphatic heterocycles. The molecule has 0 aromatic heterocycles. The molecule has 88 valence electrons. The van der Waals surface area contributed by atoms with Crippen LogP contribution in [0.5, 0.6) is 5.75 Å². The first-order valence-electron chi connectivity index (χ1n) is 5.18. The van der Waals surface area contributed by atoms with Crippen molar-refractivity contribution in [3.8, 4) is 5.75 Å². The van der Waals surface area contributed by atoms with Gasteiger partial charge in [0.15, 0.2) is 5.75 Å². The molecule has 1 rings (SSSR count). The fourth-order valence-electron chi connectivity index (χ4n) is 1.29. The predicted octanol–water partition coefficient (Wildman–Crippen LogP) is 3.38. The van der Waals surface area contributed by atoms with Gasteiger partial charge in [-0.05, 0) is 25.3 Å². The molecule has 0 bridgehead atoms. The molecule has 0 saturated carbocycles. The van der Waals surface area contributed by atoms with Crippen molar-refractivity contribution in [3.05, 3.63) is 34.4 Å². The number of nitro groups is 1. The standard InChI is InChI=1S/C11H14ClNO3/c12-8-4-1-5-9-16-11-7-3-2-6-10(11)13(14)15/h2-3,6-7H,1,4-5,8-9H2. The molecule has 0 atom stereocenters. The van der Waals surface area contributed by atoms with Crippen molar-refractivity contribution in [2.45, 2.75) is 19.3 Å². The lowest BCUT2D eigenvalue weighted by molar-refractivity contribution is -0.385. The van der Waals surface area contributed by atoms with Crippen molar-refractivity contribution in [2.75, 3.05) is 12.5 Å². The highest BCUT2D eigenvalue weighted by Gasteiger charge is 2.12. The van der Waals surface area contributed by atoms with Gasteiger partial charge in [0.2, 0.25) is 0 Å². The van der Waals surface area contributed by atoms with Gasteiger partial charge in [-0.25, -0.2) is 0 Å². The highest BCUT2D eigenvalue weighted by Crippen LogP contribution is 2.25. The molecule has 0 amide bonds. The molecule has 0 unspecified atom stereocenters. The maximum Gasteiger partial charge on any atom is 0.310 e. The van der Waals surface area contributed by atoms with Gasteiger partial charge >= 0.3 is 5.69 Å². The van der Waals surface area contributed by atoms with Crippen molar-refractivity contribution >= 4 is 17.3 Å². The normalized spacial score (nSPS) is 10.1. The van der Waals surface area contributed by atoms with E-state index in [0.717, 1.165) is 19.3 Å². The highest BCUT2D eigenvalue weighted by molar-refractivity contribution is 6.17. The molecule has 0 spiro atoms. The van der Waals surface area contributed by atoms with E-state index in [1.54, 1.807) is 18.2 Å². The summed E-state index contributed by atoms with van der Waals surface area (Å²) in [4.78, 5) is 10.2. The second-order valence-electron chi connectivity index (χ2n) is 3.32. The molecule has 0 fully saturated rings. The lowest BCUT2D eigenvalue weighted by atomic mass is 10.2. The monoisotopic (exact) mass is 243 g/mol. The molecule has 1 aromatic carbocycles. The predicted molar refractivity (Wildman–Crippen MR) is 63.2 cm³/mol. The molecule has 1 aromatic rings. The lowest BCUT2D eigenvalue weighted by Gasteiger charge is -2.05. The fraction of sp³-hybridized carbons (Fsp3) is 0.455. The van der Waals surface area contributed by atoms with E-state index in [2.05, 4.69) is 0 Å². The summed E-state index contributed by atoms with van der Waals surface area (Å²) >= 11 is 5.53. The van der Waals surface area contributed by atoms with Crippen molar-refractivity contribution in [1.29, 1.82) is 0 Å². The number of halogens is 1. The highest BCUT2D eigenvalue weighted by atomic mass is 35.5. The number of benzene rings is 1. The Balaban J connectivity index is 2.44. The third-order valence-electron chi connectivity index (χ3n) is 2.10. The number of ether oxygens (including phenoxy) is 1. The van der Waals surface area contributed by atoms with E-state index < -0.39 is 4.92 Å². The van der Waals surface area contributed by atoms with Crippen LogP contribution in [0.25, 0.3) is 0 Å². The minimum Gasteiger partial charge on any atom is -0.487 e. The van der Waals surface area contributed by atoms with Crippen LogP contribution in [0.3, 0.4) is 0 Å². The van der Waals surface area contributed by atoms with Crippen LogP contribution in [-0.2, 0) is 0 Å². The van der Waals surface area contributed by atoms with Crippen LogP contribution >= 0.6 is 11.6 Å². The van der Waals surface area contributed by atoms with Crippen molar-refractivity contribution in [1.82, 2.24) is 0 Å². The molecule has 4 nitrogen and oxygen atoms in total. The van der Waals surface area contributed by atoms with Crippen LogP contribution in [0.2, 0.25) is 0 Å². The minimum absolute atomic E-state index is 0.0137. The zero-order valence-corrected chi connectivity index (χ0v) is 9.65. The van der Waals surface area contributed by atoms with E-state index >= 15 is 0 Å². The number of nitro benzene ring substituents is 1. The summed E-state index contributed by atoms with van der Waals surface area (Å²) in [5.74, 6) is 0.976. The van der Waals surface area contributed by atoms with Crippen LogP contribution < -0.4 is 4.74 Å². The topological polar surface area (TPSA) is 52.4 Å². The second-order valence-corrected chi connectivity index (χ2v) is 3.70. The second kappa shape index (κ2) is 7.06. The first kappa shape index (κ1) is 12.8. The van der Waals surface area contributed by atoms with Gasteiger partial charge in [-0.1, -0.05) is 12.1 Å². The van der Waals surface area contributed by atoms with Gasteiger partial charge < -0.3 is 4.74 Å². The number of para-hydroxylation sites is 2. The lowest BCUT2D eigenvalue weighted by Crippen LogP contribution is -2.00. The molecule has 0 aliphatic rings. The number of hydrogen-bond acceptors (Lipinski definition) is 3. The van der Waals surface area contributed by atoms with E-state index in [1.165, 1.54) is 6.07 Å². The van der Waals surface area contributed by atoms with Crippen LogP contribution in [0.1, 0.15) is 19.3 Å². The number of alkyl halides is 1. The quantitative estimate of drug-likeness (QED) is 0.319. The van der Waals surface area contributed by atoms with E-state index in [1.807, 2.05) is 0 Å². The first-order chi connectivity index (χ1) is 7.75. The first-order valence-corrected chi connectivity index (χ1v) is 5.71. The Bertz CT molecular complexity index is 344. The van der Waals surface area contributed by atoms with Crippen LogP contribution in [0.15, 0.2) is 24.3 Å². The number of unbranched alkanes of at least 4 members (excludes halogenated alkanes) is 2. The SMILES string of the molecule is O=[N+]([O-])c1ccccc1OCCCCCCl. The Morgan fingerprint density at radius 2 is 2.00 bits per heavy atom. The third kappa shape index (κ3) is 4.06. The summed E-state index contributed by atoms with van der Waals surface area (Å²) in [7, 11) is 0. The maximum absolute atomic E-state index is 10.7. The summed E-state index contributed by atoms with van der Waals surface area (Å²) < 4.78 is 5.36. The molecule has 0 heterocycles. The van der Waals surface area contributed by atoms with Gasteiger partial charge in [0, 0.05) is 11.9 Å². The molecule has 0 aliphatic carbocycles. The average molecular weight is 244 g/mol. The average Bonchev–Trinajstić information content (AvgIpc) is 2.29. The van der Waals surface area contributed by atoms with Crippen molar-refractivity contribution < 1.29 is 9.66 Å². The maximum atomic E-state index is 10.7. The minimum atomic E-state index is -0.436. The zero-order valence-electron chi connectivity index (χ0n) is 8.89. The van der Waals surface area contributed by atoms with E-state index in [4.69, 9.17) is 16.3 Å². The summed E-state index contributed by atoms with van der Waals surface area (Å²) in [6.45, 7) is 0.488. The Labute approximate surface area is 99.3 Å². The smallest absolute Gasteiger partial charge is 0.310 e. The van der Waals surface area contributed by atoms with Gasteiger partial charge in [0.25, 0.3) is 0 Å². The molecular weight excluding hydrogens is 230 g/mol. The Morgan fingerprint density at radius 1 is 1.25 bits per heavy atom. The fourth-order valence-corrected chi connectivity index (χ4v) is 1.47. The van der Waals surface area contributed by atoms with Gasteiger partial charge in [-0.2, -0.15) is 0 Å². The number of hydrogen-bond donors (Lipinski definition) is 0. The van der Waals surface area contributed by atoms with Crippen LogP contribution in [0.4, 0.5) is 5.69 Å². The van der Waals surface area contributed by atoms with E-state index in [9.17, 15) is 10.1 Å². The molecule has 0 saturated heterocycles. The molecule has 16 heavy (non-hydrogen) atoms. The van der Waals surface area contributed by atoms with Gasteiger partial charge in [0.05, 0.1) is 11.5 Å². The Kier molecular flexibility index (Phi) is 5.64. The Hall–Kier alpha value is -1.29. The van der Waals surface area contributed by atoms with Gasteiger partial charge in [0.1, 0.15) is 0 Å². The summed E-state index contributed by atoms with van der Waals surface area (Å²) in [5, 5.41) is 10.7. The van der Waals surface area contributed by atoms with Crippen molar-refractivity contribution in [3.63, 3.8) is 0 Å². The number of rotatable bonds is 7. The molecule has 5 heteroatoms. The third-order valence-corrected chi connectivity index (χ3v) is 2.36. The summed E-state index contributed by atoms with van der Waals surface area (Å²) in [6, 6.07) is 6.40. The van der Waals surface area contributed by atoms with Gasteiger partial charge in [-0.15, -0.1) is 11.6 Å². The van der Waals surface area contributed by atoms with Crippen molar-refractivity contribution in [2.24, 2.45) is 0 Å². The van der Waals surface area contributed by atoms with Gasteiger partial charge in [-0.3, -0.25) is 10.1 Å². The van der Waals surface area contributed by atoms with Crippen LogP contribution in [-0.4, -0.2) is 17.4 Å². The number of nitrogens with zero attached hydrogens (tertiary/aromatic N) is 1. The molecular formula is C11H14ClNO3. The largest absolute Gasteiger partial charge is 0.487 e. The molecule has 0 radical (unpaired) electrons. The zero-order chi connectivity index (χ0) is 11.8. The Morgan fingerprint density at radius 3 is 2.69 bits per heavy atom. The summed E-state index contributed by atoms with van der Waals surface area (Å²) in [5.41, 5.74) is 0.0137. The van der Waals surface area contributed by atoms with E-state index in [-0.39, 0.29) is 5.69 Å². The van der Waals surface area contributed by atoms with E-state index in [0.29, 0.717) is 18.2 Å². The van der Waals surface area contributed by atoms with Crippen LogP contribution in [0, 0.1) is 10.1 Å². The molecule has 0 N–H and O–H groups in total. The summed E-state index contributed by atoms with van der Waals surface area (Å²) in [6.07, 6.45) is 2.78.